The van der Waals surface area contributed by atoms with E-state index >= 15 is 0 Å². The second-order valence-corrected chi connectivity index (χ2v) is 10.4. The van der Waals surface area contributed by atoms with Crippen LogP contribution in [0.5, 0.6) is 5.75 Å². The first-order chi connectivity index (χ1) is 17.3. The van der Waals surface area contributed by atoms with Gasteiger partial charge in [-0.25, -0.2) is 4.98 Å². The lowest BCUT2D eigenvalue weighted by atomic mass is 9.93. The number of rotatable bonds is 6. The molecule has 0 saturated heterocycles. The third kappa shape index (κ3) is 4.15. The van der Waals surface area contributed by atoms with Crippen LogP contribution >= 0.6 is 0 Å². The molecule has 0 fully saturated rings. The summed E-state index contributed by atoms with van der Waals surface area (Å²) < 4.78 is 7.50. The molecular formula is C31H38N4O. The van der Waals surface area contributed by atoms with E-state index in [1.807, 2.05) is 0 Å². The maximum absolute atomic E-state index is 5.35. The van der Waals surface area contributed by atoms with Crippen molar-refractivity contribution in [2.24, 2.45) is 0 Å². The van der Waals surface area contributed by atoms with Gasteiger partial charge in [-0.15, -0.1) is 0 Å². The van der Waals surface area contributed by atoms with Crippen LogP contribution in [-0.4, -0.2) is 34.3 Å². The second-order valence-electron chi connectivity index (χ2n) is 10.4. The summed E-state index contributed by atoms with van der Waals surface area (Å²) in [7, 11) is 1.72. The average Bonchev–Trinajstić information content (AvgIpc) is 3.17. The Morgan fingerprint density at radius 3 is 2.28 bits per heavy atom. The van der Waals surface area contributed by atoms with Gasteiger partial charge in [0.15, 0.2) is 5.65 Å². The molecule has 5 rings (SSSR count). The van der Waals surface area contributed by atoms with Crippen molar-refractivity contribution in [3.8, 4) is 16.9 Å². The molecule has 188 valence electrons. The smallest absolute Gasteiger partial charge is 0.165 e. The molecule has 1 aliphatic rings. The average molecular weight is 483 g/mol. The molecule has 36 heavy (non-hydrogen) atoms. The molecule has 5 heteroatoms. The van der Waals surface area contributed by atoms with Crippen LogP contribution in [0.25, 0.3) is 16.8 Å². The molecule has 4 aromatic rings. The fourth-order valence-electron chi connectivity index (χ4n) is 6.13. The molecule has 3 heterocycles. The normalized spacial score (nSPS) is 15.4. The molecule has 5 nitrogen and oxygen atoms in total. The van der Waals surface area contributed by atoms with Crippen molar-refractivity contribution in [3.63, 3.8) is 0 Å². The Labute approximate surface area is 215 Å². The van der Waals surface area contributed by atoms with E-state index in [0.717, 1.165) is 55.0 Å². The molecule has 1 atom stereocenters. The number of ether oxygens (including phenoxy) is 1. The molecule has 2 aromatic carbocycles. The van der Waals surface area contributed by atoms with Gasteiger partial charge in [-0.3, -0.25) is 0 Å². The number of aryl methyl sites for hydroxylation is 5. The van der Waals surface area contributed by atoms with Crippen molar-refractivity contribution in [1.82, 2.24) is 14.6 Å². The van der Waals surface area contributed by atoms with Crippen LogP contribution in [0.3, 0.4) is 0 Å². The summed E-state index contributed by atoms with van der Waals surface area (Å²) in [6, 6.07) is 13.5. The van der Waals surface area contributed by atoms with Crippen LogP contribution in [0.2, 0.25) is 0 Å². The van der Waals surface area contributed by atoms with Crippen molar-refractivity contribution in [2.75, 3.05) is 18.6 Å². The molecule has 2 aromatic heterocycles. The summed E-state index contributed by atoms with van der Waals surface area (Å²) in [6.45, 7) is 14.1. The van der Waals surface area contributed by atoms with Gasteiger partial charge in [0.2, 0.25) is 0 Å². The second kappa shape index (κ2) is 9.61. The summed E-state index contributed by atoms with van der Waals surface area (Å²) in [6.07, 6.45) is 4.31. The Balaban J connectivity index is 1.64. The van der Waals surface area contributed by atoms with Crippen LogP contribution in [0.1, 0.15) is 59.0 Å². The maximum atomic E-state index is 5.35. The number of hydrogen-bond acceptors (Lipinski definition) is 4. The summed E-state index contributed by atoms with van der Waals surface area (Å²) in [5.74, 6) is 2.14. The predicted octanol–water partition coefficient (Wildman–Crippen LogP) is 6.72. The van der Waals surface area contributed by atoms with Gasteiger partial charge in [0.25, 0.3) is 0 Å². The number of anilines is 1. The largest absolute Gasteiger partial charge is 0.497 e. The lowest BCUT2D eigenvalue weighted by Crippen LogP contribution is -2.42. The van der Waals surface area contributed by atoms with Crippen molar-refractivity contribution < 1.29 is 4.74 Å². The Morgan fingerprint density at radius 2 is 1.64 bits per heavy atom. The highest BCUT2D eigenvalue weighted by molar-refractivity contribution is 5.85. The van der Waals surface area contributed by atoms with E-state index in [0.29, 0.717) is 6.04 Å². The molecule has 0 aliphatic carbocycles. The lowest BCUT2D eigenvalue weighted by Gasteiger charge is -2.39. The highest BCUT2D eigenvalue weighted by Gasteiger charge is 2.31. The van der Waals surface area contributed by atoms with Gasteiger partial charge in [0, 0.05) is 23.8 Å². The Kier molecular flexibility index (Phi) is 6.50. The van der Waals surface area contributed by atoms with Gasteiger partial charge in [-0.05, 0) is 94.7 Å². The molecule has 0 radical (unpaired) electrons. The van der Waals surface area contributed by atoms with Crippen LogP contribution in [0.15, 0.2) is 36.4 Å². The number of methoxy groups -OCH3 is 1. The third-order valence-electron chi connectivity index (χ3n) is 7.86. The van der Waals surface area contributed by atoms with E-state index in [2.05, 4.69) is 87.4 Å². The zero-order valence-electron chi connectivity index (χ0n) is 22.8. The van der Waals surface area contributed by atoms with Crippen LogP contribution in [0, 0.1) is 34.6 Å². The van der Waals surface area contributed by atoms with E-state index < -0.39 is 0 Å². The predicted molar refractivity (Wildman–Crippen MR) is 149 cm³/mol. The van der Waals surface area contributed by atoms with Crippen molar-refractivity contribution in [1.29, 1.82) is 0 Å². The lowest BCUT2D eigenvalue weighted by molar-refractivity contribution is 0.414. The molecule has 0 saturated carbocycles. The van der Waals surface area contributed by atoms with Gasteiger partial charge in [0.1, 0.15) is 11.6 Å². The highest BCUT2D eigenvalue weighted by Crippen LogP contribution is 2.39. The number of aromatic nitrogens is 3. The van der Waals surface area contributed by atoms with Crippen molar-refractivity contribution in [3.05, 3.63) is 75.6 Å². The first-order valence-electron chi connectivity index (χ1n) is 13.2. The maximum Gasteiger partial charge on any atom is 0.165 e. The summed E-state index contributed by atoms with van der Waals surface area (Å²) in [5.41, 5.74) is 12.1. The zero-order chi connectivity index (χ0) is 25.6. The number of nitrogens with zero attached hydrogens (tertiary/aromatic N) is 4. The van der Waals surface area contributed by atoms with Gasteiger partial charge in [-0.2, -0.15) is 9.61 Å². The minimum absolute atomic E-state index is 0.497. The zero-order valence-corrected chi connectivity index (χ0v) is 22.8. The fraction of sp³-hybridized carbons (Fsp3) is 0.419. The summed E-state index contributed by atoms with van der Waals surface area (Å²) in [5, 5.41) is 5.14. The Bertz CT molecular complexity index is 1390. The molecule has 0 spiro atoms. The molecule has 1 unspecified atom stereocenters. The highest BCUT2D eigenvalue weighted by atomic mass is 16.5. The Hall–Kier alpha value is -3.34. The van der Waals surface area contributed by atoms with Crippen LogP contribution in [-0.2, 0) is 12.8 Å². The van der Waals surface area contributed by atoms with E-state index in [1.165, 1.54) is 44.8 Å². The first kappa shape index (κ1) is 24.4. The van der Waals surface area contributed by atoms with Gasteiger partial charge < -0.3 is 9.64 Å². The molecule has 0 bridgehead atoms. The fourth-order valence-corrected chi connectivity index (χ4v) is 6.13. The number of benzene rings is 2. The van der Waals surface area contributed by atoms with Crippen LogP contribution < -0.4 is 9.64 Å². The monoisotopic (exact) mass is 482 g/mol. The quantitative estimate of drug-likeness (QED) is 0.306. The van der Waals surface area contributed by atoms with E-state index in [-0.39, 0.29) is 0 Å². The van der Waals surface area contributed by atoms with E-state index in [1.54, 1.807) is 7.11 Å². The summed E-state index contributed by atoms with van der Waals surface area (Å²) >= 11 is 0. The minimum Gasteiger partial charge on any atom is -0.497 e. The standard InChI is InChI=1S/C31H38N4O/c1-8-25-11-14-27-22(5)32-30-29(28-20(3)17-19(2)18-21(28)4)23(6)33-35(30)31(27)34(25)16-15-24-9-12-26(36-7)13-10-24/h9-10,12-13,17-18,25H,8,11,14-16H2,1-7H3. The third-order valence-corrected chi connectivity index (χ3v) is 7.86. The minimum atomic E-state index is 0.497. The molecule has 0 amide bonds. The van der Waals surface area contributed by atoms with Gasteiger partial charge in [-0.1, -0.05) is 36.8 Å². The van der Waals surface area contributed by atoms with E-state index in [4.69, 9.17) is 14.8 Å². The SMILES string of the molecule is CCC1CCc2c(C)nc3c(-c4c(C)cc(C)cc4C)c(C)nn3c2N1CCc1ccc(OC)cc1. The van der Waals surface area contributed by atoms with Gasteiger partial charge in [0.05, 0.1) is 18.4 Å². The van der Waals surface area contributed by atoms with Gasteiger partial charge >= 0.3 is 0 Å². The molecule has 1 aliphatic heterocycles. The first-order valence-corrected chi connectivity index (χ1v) is 13.2. The number of fused-ring (bicyclic) bond motifs is 3. The Morgan fingerprint density at radius 1 is 0.944 bits per heavy atom. The van der Waals surface area contributed by atoms with Crippen molar-refractivity contribution >= 4 is 11.5 Å². The van der Waals surface area contributed by atoms with Crippen LogP contribution in [0.4, 0.5) is 5.82 Å². The van der Waals surface area contributed by atoms with Crippen molar-refractivity contribution in [2.45, 2.75) is 73.3 Å². The molecular weight excluding hydrogens is 444 g/mol. The van der Waals surface area contributed by atoms with E-state index in [9.17, 15) is 0 Å². The molecule has 0 N–H and O–H groups in total. The topological polar surface area (TPSA) is 42.7 Å². The number of hydrogen-bond donors (Lipinski definition) is 0. The summed E-state index contributed by atoms with van der Waals surface area (Å²) in [4.78, 5) is 7.78.